The van der Waals surface area contributed by atoms with Gasteiger partial charge in [-0.15, -0.1) is 0 Å². The molecule has 2 aromatic carbocycles. The Morgan fingerprint density at radius 2 is 1.83 bits per heavy atom. The van der Waals surface area contributed by atoms with Crippen LogP contribution in [-0.4, -0.2) is 18.7 Å². The molecule has 126 valence electrons. The number of aryl methyl sites for hydroxylation is 1. The number of carbonyl (C=O) groups excluding carboxylic acids is 1. The van der Waals surface area contributed by atoms with Gasteiger partial charge in [0, 0.05) is 5.56 Å². The summed E-state index contributed by atoms with van der Waals surface area (Å²) in [6, 6.07) is 13.1. The molecular formula is C20H22O4. The summed E-state index contributed by atoms with van der Waals surface area (Å²) in [6.07, 6.45) is -0.769. The standard InChI is InChI=1S/C20H22O4/c1-13-9-10-15(14(11-13)20(2,3)4)24-19(21)18-12-22-16-7-5-6-8-17(16)23-18/h5-11,18H,12H2,1-4H3. The van der Waals surface area contributed by atoms with Gasteiger partial charge in [-0.25, -0.2) is 4.79 Å². The number of para-hydroxylation sites is 2. The van der Waals surface area contributed by atoms with E-state index in [4.69, 9.17) is 14.2 Å². The molecule has 1 heterocycles. The van der Waals surface area contributed by atoms with Gasteiger partial charge < -0.3 is 14.2 Å². The third-order valence-electron chi connectivity index (χ3n) is 3.93. The van der Waals surface area contributed by atoms with Gasteiger partial charge in [0.15, 0.2) is 11.5 Å². The van der Waals surface area contributed by atoms with E-state index in [0.717, 1.165) is 11.1 Å². The van der Waals surface area contributed by atoms with Crippen molar-refractivity contribution in [1.82, 2.24) is 0 Å². The van der Waals surface area contributed by atoms with Crippen molar-refractivity contribution in [3.63, 3.8) is 0 Å². The van der Waals surface area contributed by atoms with Crippen LogP contribution in [0.5, 0.6) is 17.2 Å². The zero-order valence-electron chi connectivity index (χ0n) is 14.5. The molecule has 1 atom stereocenters. The number of ether oxygens (including phenoxy) is 3. The second-order valence-corrected chi connectivity index (χ2v) is 7.03. The summed E-state index contributed by atoms with van der Waals surface area (Å²) in [5.41, 5.74) is 2.00. The highest BCUT2D eigenvalue weighted by atomic mass is 16.6. The molecule has 0 spiro atoms. The molecular weight excluding hydrogens is 304 g/mol. The molecule has 0 aromatic heterocycles. The molecule has 0 bridgehead atoms. The molecule has 0 radical (unpaired) electrons. The van der Waals surface area contributed by atoms with E-state index < -0.39 is 12.1 Å². The van der Waals surface area contributed by atoms with Crippen LogP contribution in [0.1, 0.15) is 31.9 Å². The highest BCUT2D eigenvalue weighted by Crippen LogP contribution is 2.34. The molecule has 0 amide bonds. The van der Waals surface area contributed by atoms with E-state index in [9.17, 15) is 4.79 Å². The third-order valence-corrected chi connectivity index (χ3v) is 3.93. The SMILES string of the molecule is Cc1ccc(OC(=O)C2COc3ccccc3O2)c(C(C)(C)C)c1. The molecule has 0 aliphatic carbocycles. The zero-order valence-corrected chi connectivity index (χ0v) is 14.5. The number of fused-ring (bicyclic) bond motifs is 1. The first kappa shape index (κ1) is 16.4. The Bertz CT molecular complexity index is 758. The van der Waals surface area contributed by atoms with Gasteiger partial charge in [0.25, 0.3) is 0 Å². The van der Waals surface area contributed by atoms with E-state index in [1.165, 1.54) is 0 Å². The van der Waals surface area contributed by atoms with Crippen molar-refractivity contribution in [2.24, 2.45) is 0 Å². The Hall–Kier alpha value is -2.49. The first-order valence-electron chi connectivity index (χ1n) is 8.06. The van der Waals surface area contributed by atoms with Gasteiger partial charge in [-0.3, -0.25) is 0 Å². The second kappa shape index (κ2) is 6.19. The van der Waals surface area contributed by atoms with Crippen LogP contribution in [0.15, 0.2) is 42.5 Å². The van der Waals surface area contributed by atoms with Crippen LogP contribution in [-0.2, 0) is 10.2 Å². The van der Waals surface area contributed by atoms with Crippen LogP contribution < -0.4 is 14.2 Å². The fourth-order valence-corrected chi connectivity index (χ4v) is 2.63. The van der Waals surface area contributed by atoms with Gasteiger partial charge in [0.1, 0.15) is 12.4 Å². The number of hydrogen-bond donors (Lipinski definition) is 0. The van der Waals surface area contributed by atoms with E-state index in [0.29, 0.717) is 17.2 Å². The van der Waals surface area contributed by atoms with Crippen molar-refractivity contribution in [2.45, 2.75) is 39.2 Å². The fourth-order valence-electron chi connectivity index (χ4n) is 2.63. The van der Waals surface area contributed by atoms with Crippen LogP contribution >= 0.6 is 0 Å². The van der Waals surface area contributed by atoms with Crippen molar-refractivity contribution in [2.75, 3.05) is 6.61 Å². The summed E-state index contributed by atoms with van der Waals surface area (Å²) >= 11 is 0. The predicted octanol–water partition coefficient (Wildman–Crippen LogP) is 4.04. The maximum atomic E-state index is 12.5. The summed E-state index contributed by atoms with van der Waals surface area (Å²) in [5, 5.41) is 0. The number of hydrogen-bond acceptors (Lipinski definition) is 4. The van der Waals surface area contributed by atoms with E-state index >= 15 is 0 Å². The first-order valence-corrected chi connectivity index (χ1v) is 8.06. The van der Waals surface area contributed by atoms with E-state index in [1.54, 1.807) is 6.07 Å². The molecule has 0 saturated heterocycles. The minimum absolute atomic E-state index is 0.127. The molecule has 4 heteroatoms. The lowest BCUT2D eigenvalue weighted by Crippen LogP contribution is -2.39. The normalized spacial score (nSPS) is 16.6. The van der Waals surface area contributed by atoms with Gasteiger partial charge in [0.05, 0.1) is 0 Å². The van der Waals surface area contributed by atoms with Crippen molar-refractivity contribution >= 4 is 5.97 Å². The largest absolute Gasteiger partial charge is 0.485 e. The average molecular weight is 326 g/mol. The van der Waals surface area contributed by atoms with Gasteiger partial charge >= 0.3 is 5.97 Å². The monoisotopic (exact) mass is 326 g/mol. The molecule has 0 saturated carbocycles. The second-order valence-electron chi connectivity index (χ2n) is 7.03. The number of esters is 1. The minimum atomic E-state index is -0.769. The quantitative estimate of drug-likeness (QED) is 0.617. The first-order chi connectivity index (χ1) is 11.3. The van der Waals surface area contributed by atoms with Gasteiger partial charge in [0.2, 0.25) is 6.10 Å². The smallest absolute Gasteiger partial charge is 0.356 e. The Balaban J connectivity index is 1.79. The molecule has 24 heavy (non-hydrogen) atoms. The lowest BCUT2D eigenvalue weighted by molar-refractivity contribution is -0.144. The van der Waals surface area contributed by atoms with E-state index in [-0.39, 0.29) is 12.0 Å². The van der Waals surface area contributed by atoms with Gasteiger partial charge in [-0.05, 0) is 30.5 Å². The van der Waals surface area contributed by atoms with Crippen LogP contribution in [0.3, 0.4) is 0 Å². The molecule has 3 rings (SSSR count). The zero-order chi connectivity index (χ0) is 17.3. The summed E-state index contributed by atoms with van der Waals surface area (Å²) in [6.45, 7) is 8.45. The summed E-state index contributed by atoms with van der Waals surface area (Å²) < 4.78 is 16.9. The molecule has 2 aromatic rings. The Kier molecular flexibility index (Phi) is 4.22. The predicted molar refractivity (Wildman–Crippen MR) is 91.9 cm³/mol. The topological polar surface area (TPSA) is 44.8 Å². The third kappa shape index (κ3) is 3.37. The Morgan fingerprint density at radius 1 is 1.12 bits per heavy atom. The molecule has 0 N–H and O–H groups in total. The van der Waals surface area contributed by atoms with Gasteiger partial charge in [-0.1, -0.05) is 50.6 Å². The lowest BCUT2D eigenvalue weighted by atomic mass is 9.85. The Morgan fingerprint density at radius 3 is 2.54 bits per heavy atom. The van der Waals surface area contributed by atoms with Crippen molar-refractivity contribution in [1.29, 1.82) is 0 Å². The summed E-state index contributed by atoms with van der Waals surface area (Å²) in [7, 11) is 0. The molecule has 1 unspecified atom stereocenters. The van der Waals surface area contributed by atoms with Crippen LogP contribution in [0.4, 0.5) is 0 Å². The maximum Gasteiger partial charge on any atom is 0.356 e. The number of benzene rings is 2. The fraction of sp³-hybridized carbons (Fsp3) is 0.350. The lowest BCUT2D eigenvalue weighted by Gasteiger charge is -2.26. The highest BCUT2D eigenvalue weighted by molar-refractivity contribution is 5.78. The van der Waals surface area contributed by atoms with Gasteiger partial charge in [-0.2, -0.15) is 0 Å². The van der Waals surface area contributed by atoms with Crippen LogP contribution in [0.25, 0.3) is 0 Å². The van der Waals surface area contributed by atoms with Crippen LogP contribution in [0.2, 0.25) is 0 Å². The van der Waals surface area contributed by atoms with Crippen LogP contribution in [0, 0.1) is 6.92 Å². The van der Waals surface area contributed by atoms with Crippen molar-refractivity contribution in [3.05, 3.63) is 53.6 Å². The summed E-state index contributed by atoms with van der Waals surface area (Å²) in [4.78, 5) is 12.5. The Labute approximate surface area is 142 Å². The molecule has 1 aliphatic heterocycles. The molecule has 4 nitrogen and oxygen atoms in total. The van der Waals surface area contributed by atoms with E-state index in [1.807, 2.05) is 37.3 Å². The summed E-state index contributed by atoms with van der Waals surface area (Å²) in [5.74, 6) is 1.33. The van der Waals surface area contributed by atoms with Crippen molar-refractivity contribution < 1.29 is 19.0 Å². The van der Waals surface area contributed by atoms with E-state index in [2.05, 4.69) is 26.8 Å². The molecule has 1 aliphatic rings. The average Bonchev–Trinajstić information content (AvgIpc) is 2.55. The highest BCUT2D eigenvalue weighted by Gasteiger charge is 2.30. The minimum Gasteiger partial charge on any atom is -0.485 e. The molecule has 0 fully saturated rings. The number of rotatable bonds is 2. The number of carbonyl (C=O) groups is 1. The van der Waals surface area contributed by atoms with Crippen molar-refractivity contribution in [3.8, 4) is 17.2 Å². The maximum absolute atomic E-state index is 12.5.